The Kier molecular flexibility index (Phi) is 5.56. The van der Waals surface area contributed by atoms with Gasteiger partial charge in [-0.25, -0.2) is 4.79 Å². The topological polar surface area (TPSA) is 139 Å². The molecule has 0 spiro atoms. The minimum atomic E-state index is -1.62. The minimum Gasteiger partial charge on any atom is -0.497 e. The predicted octanol–water partition coefficient (Wildman–Crippen LogP) is -0.882. The summed E-state index contributed by atoms with van der Waals surface area (Å²) in [6.45, 7) is -0.835. The van der Waals surface area contributed by atoms with Crippen molar-refractivity contribution >= 4 is 11.0 Å². The number of aliphatic hydroxyl groups excluding tert-OH is 4. The Morgan fingerprint density at radius 1 is 1.15 bits per heavy atom. The van der Waals surface area contributed by atoms with Crippen LogP contribution in [0.5, 0.6) is 5.75 Å². The molecule has 0 saturated carbocycles. The summed E-state index contributed by atoms with van der Waals surface area (Å²) in [7, 11) is 1.50. The first-order valence-electron chi connectivity index (χ1n) is 7.97. The second kappa shape index (κ2) is 7.70. The summed E-state index contributed by atoms with van der Waals surface area (Å²) >= 11 is 0. The zero-order chi connectivity index (χ0) is 18.8. The molecule has 0 radical (unpaired) electrons. The molecular weight excluding hydrogens is 348 g/mol. The molecule has 1 aliphatic heterocycles. The average Bonchev–Trinajstić information content (AvgIpc) is 2.64. The summed E-state index contributed by atoms with van der Waals surface area (Å²) < 4.78 is 20.6. The largest absolute Gasteiger partial charge is 0.497 e. The molecule has 142 valence electrons. The zero-order valence-corrected chi connectivity index (χ0v) is 13.9. The highest BCUT2D eigenvalue weighted by molar-refractivity contribution is 5.78. The number of benzene rings is 1. The molecule has 4 N–H and O–H groups in total. The van der Waals surface area contributed by atoms with E-state index in [-0.39, 0.29) is 12.2 Å². The maximum atomic E-state index is 12.1. The first kappa shape index (κ1) is 18.8. The molecule has 26 heavy (non-hydrogen) atoms. The molecule has 0 unspecified atom stereocenters. The SMILES string of the molecule is COc1ccc2cc(CO[C@@H]3[C@@H](O)[C@H](O)O[C@H](CO)[C@@H]3O)c(=O)oc2c1. The fraction of sp³-hybridized carbons (Fsp3) is 0.471. The van der Waals surface area contributed by atoms with Crippen molar-refractivity contribution in [3.8, 4) is 5.75 Å². The molecule has 2 heterocycles. The molecular formula is C17H20O9. The Balaban J connectivity index is 1.80. The molecule has 0 bridgehead atoms. The Hall–Kier alpha value is -2.01. The van der Waals surface area contributed by atoms with Gasteiger partial charge in [0.05, 0.1) is 25.9 Å². The Morgan fingerprint density at radius 3 is 2.62 bits per heavy atom. The number of aliphatic hydroxyl groups is 4. The standard InChI is InChI=1S/C17H20O9/c1-23-10-3-2-8-4-9(16(21)25-11(8)5-10)7-24-15-13(19)12(6-18)26-17(22)14(15)20/h2-5,12-15,17-20,22H,6-7H2,1H3/t12-,13+,14-,15+,17-/m1/s1. The van der Waals surface area contributed by atoms with Crippen LogP contribution < -0.4 is 10.4 Å². The lowest BCUT2D eigenvalue weighted by Gasteiger charge is -2.39. The summed E-state index contributed by atoms with van der Waals surface area (Å²) in [5.41, 5.74) is -0.121. The molecule has 3 rings (SSSR count). The number of hydrogen-bond acceptors (Lipinski definition) is 9. The van der Waals surface area contributed by atoms with E-state index in [2.05, 4.69) is 0 Å². The van der Waals surface area contributed by atoms with E-state index in [1.165, 1.54) is 7.11 Å². The van der Waals surface area contributed by atoms with Crippen LogP contribution in [-0.4, -0.2) is 64.8 Å². The van der Waals surface area contributed by atoms with E-state index < -0.39 is 42.9 Å². The summed E-state index contributed by atoms with van der Waals surface area (Å²) in [5.74, 6) is 0.544. The monoisotopic (exact) mass is 368 g/mol. The Bertz CT molecular complexity index is 817. The molecule has 1 aromatic carbocycles. The van der Waals surface area contributed by atoms with Gasteiger partial charge in [0.25, 0.3) is 0 Å². The van der Waals surface area contributed by atoms with Crippen molar-refractivity contribution < 1.29 is 39.1 Å². The maximum absolute atomic E-state index is 12.1. The third-order valence-corrected chi connectivity index (χ3v) is 4.29. The van der Waals surface area contributed by atoms with Crippen molar-refractivity contribution in [2.45, 2.75) is 37.3 Å². The van der Waals surface area contributed by atoms with Gasteiger partial charge in [-0.15, -0.1) is 0 Å². The highest BCUT2D eigenvalue weighted by atomic mass is 16.6. The van der Waals surface area contributed by atoms with Gasteiger partial charge in [-0.2, -0.15) is 0 Å². The summed E-state index contributed by atoms with van der Waals surface area (Å²) in [6, 6.07) is 6.57. The van der Waals surface area contributed by atoms with E-state index in [4.69, 9.17) is 23.7 Å². The fourth-order valence-corrected chi connectivity index (χ4v) is 2.81. The summed E-state index contributed by atoms with van der Waals surface area (Å²) in [5, 5.41) is 39.5. The molecule has 2 aromatic rings. The molecule has 1 saturated heterocycles. The lowest BCUT2D eigenvalue weighted by molar-refractivity contribution is -0.296. The van der Waals surface area contributed by atoms with Crippen molar-refractivity contribution in [1.29, 1.82) is 0 Å². The van der Waals surface area contributed by atoms with Crippen molar-refractivity contribution in [3.05, 3.63) is 40.2 Å². The summed E-state index contributed by atoms with van der Waals surface area (Å²) in [6.07, 6.45) is -6.90. The van der Waals surface area contributed by atoms with Gasteiger partial charge in [0.1, 0.15) is 35.7 Å². The van der Waals surface area contributed by atoms with Crippen LogP contribution in [0.15, 0.2) is 33.5 Å². The van der Waals surface area contributed by atoms with Crippen LogP contribution in [0.4, 0.5) is 0 Å². The number of ether oxygens (including phenoxy) is 3. The number of hydrogen-bond donors (Lipinski definition) is 4. The second-order valence-electron chi connectivity index (χ2n) is 5.97. The first-order chi connectivity index (χ1) is 12.4. The van der Waals surface area contributed by atoms with E-state index in [0.29, 0.717) is 16.7 Å². The normalized spacial score (nSPS) is 29.0. The summed E-state index contributed by atoms with van der Waals surface area (Å²) in [4.78, 5) is 12.1. The van der Waals surface area contributed by atoms with Gasteiger partial charge in [-0.05, 0) is 18.2 Å². The van der Waals surface area contributed by atoms with E-state index in [1.807, 2.05) is 0 Å². The highest BCUT2D eigenvalue weighted by Crippen LogP contribution is 2.24. The van der Waals surface area contributed by atoms with Gasteiger partial charge in [0.2, 0.25) is 0 Å². The Labute approximate surface area is 148 Å². The predicted molar refractivity (Wildman–Crippen MR) is 87.6 cm³/mol. The van der Waals surface area contributed by atoms with E-state index in [0.717, 1.165) is 0 Å². The van der Waals surface area contributed by atoms with E-state index in [1.54, 1.807) is 24.3 Å². The van der Waals surface area contributed by atoms with Crippen LogP contribution in [0.3, 0.4) is 0 Å². The lowest BCUT2D eigenvalue weighted by atomic mass is 9.99. The van der Waals surface area contributed by atoms with Crippen molar-refractivity contribution in [2.24, 2.45) is 0 Å². The number of fused-ring (bicyclic) bond motifs is 1. The van der Waals surface area contributed by atoms with Crippen LogP contribution >= 0.6 is 0 Å². The van der Waals surface area contributed by atoms with Crippen LogP contribution in [-0.2, 0) is 16.1 Å². The zero-order valence-electron chi connectivity index (χ0n) is 13.9. The molecule has 9 heteroatoms. The van der Waals surface area contributed by atoms with Gasteiger partial charge >= 0.3 is 5.63 Å². The van der Waals surface area contributed by atoms with Crippen LogP contribution in [0, 0.1) is 0 Å². The fourth-order valence-electron chi connectivity index (χ4n) is 2.81. The van der Waals surface area contributed by atoms with Gasteiger partial charge in [-0.3, -0.25) is 0 Å². The first-order valence-corrected chi connectivity index (χ1v) is 7.97. The van der Waals surface area contributed by atoms with Gasteiger partial charge in [0, 0.05) is 11.5 Å². The maximum Gasteiger partial charge on any atom is 0.341 e. The Morgan fingerprint density at radius 2 is 1.92 bits per heavy atom. The van der Waals surface area contributed by atoms with Gasteiger partial charge < -0.3 is 39.1 Å². The van der Waals surface area contributed by atoms with Gasteiger partial charge in [-0.1, -0.05) is 0 Å². The molecule has 0 aliphatic carbocycles. The minimum absolute atomic E-state index is 0.170. The molecule has 1 fully saturated rings. The van der Waals surface area contributed by atoms with Gasteiger partial charge in [0.15, 0.2) is 6.29 Å². The van der Waals surface area contributed by atoms with Crippen molar-refractivity contribution in [2.75, 3.05) is 13.7 Å². The van der Waals surface area contributed by atoms with Crippen molar-refractivity contribution in [3.63, 3.8) is 0 Å². The highest BCUT2D eigenvalue weighted by Gasteiger charge is 2.44. The van der Waals surface area contributed by atoms with Crippen molar-refractivity contribution in [1.82, 2.24) is 0 Å². The second-order valence-corrected chi connectivity index (χ2v) is 5.97. The molecule has 0 amide bonds. The molecule has 5 atom stereocenters. The number of methoxy groups -OCH3 is 1. The average molecular weight is 368 g/mol. The van der Waals surface area contributed by atoms with E-state index in [9.17, 15) is 20.1 Å². The third-order valence-electron chi connectivity index (χ3n) is 4.29. The van der Waals surface area contributed by atoms with Crippen LogP contribution in [0.1, 0.15) is 5.56 Å². The molecule has 1 aromatic heterocycles. The lowest BCUT2D eigenvalue weighted by Crippen LogP contribution is -2.59. The number of rotatable bonds is 5. The van der Waals surface area contributed by atoms with Crippen LogP contribution in [0.2, 0.25) is 0 Å². The molecule has 1 aliphatic rings. The third kappa shape index (κ3) is 3.58. The quantitative estimate of drug-likeness (QED) is 0.495. The molecule has 9 nitrogen and oxygen atoms in total. The smallest absolute Gasteiger partial charge is 0.341 e. The van der Waals surface area contributed by atoms with E-state index >= 15 is 0 Å². The van der Waals surface area contributed by atoms with Crippen LogP contribution in [0.25, 0.3) is 11.0 Å².